The Kier molecular flexibility index (Phi) is 8.42. The van der Waals surface area contributed by atoms with E-state index >= 15 is 0 Å². The third kappa shape index (κ3) is 5.60. The van der Waals surface area contributed by atoms with Crippen LogP contribution in [-0.2, 0) is 11.2 Å². The van der Waals surface area contributed by atoms with Crippen LogP contribution in [0.4, 0.5) is 10.1 Å². The number of benzene rings is 3. The van der Waals surface area contributed by atoms with Gasteiger partial charge in [0.2, 0.25) is 5.91 Å². The van der Waals surface area contributed by atoms with Crippen LogP contribution in [0, 0.1) is 19.7 Å². The first kappa shape index (κ1) is 23.9. The van der Waals surface area contributed by atoms with Gasteiger partial charge >= 0.3 is 0 Å². The Labute approximate surface area is 188 Å². The van der Waals surface area contributed by atoms with Crippen molar-refractivity contribution >= 4 is 35.6 Å². The molecule has 0 aliphatic rings. The van der Waals surface area contributed by atoms with Crippen LogP contribution in [0.3, 0.4) is 0 Å². The van der Waals surface area contributed by atoms with E-state index in [4.69, 9.17) is 17.3 Å². The molecule has 0 aliphatic carbocycles. The lowest BCUT2D eigenvalue weighted by atomic mass is 10.0. The third-order valence-electron chi connectivity index (χ3n) is 5.10. The van der Waals surface area contributed by atoms with Gasteiger partial charge in [0, 0.05) is 12.2 Å². The summed E-state index contributed by atoms with van der Waals surface area (Å²) in [4.78, 5) is 15.0. The predicted molar refractivity (Wildman–Crippen MR) is 124 cm³/mol. The fourth-order valence-corrected chi connectivity index (χ4v) is 3.28. The number of halogens is 3. The van der Waals surface area contributed by atoms with Gasteiger partial charge in [-0.1, -0.05) is 54.1 Å². The van der Waals surface area contributed by atoms with Crippen molar-refractivity contribution in [2.45, 2.75) is 26.3 Å². The average molecular weight is 447 g/mol. The quantitative estimate of drug-likeness (QED) is 0.520. The summed E-state index contributed by atoms with van der Waals surface area (Å²) in [6.45, 7) is 4.41. The summed E-state index contributed by atoms with van der Waals surface area (Å²) in [6, 6.07) is 19.1. The normalized spacial score (nSPS) is 11.5. The molecular weight excluding hydrogens is 422 g/mol. The number of hydrogen-bond acceptors (Lipinski definition) is 2. The van der Waals surface area contributed by atoms with Gasteiger partial charge in [0.05, 0.1) is 5.02 Å². The number of aryl methyl sites for hydroxylation is 2. The first-order valence-electron chi connectivity index (χ1n) is 9.50. The third-order valence-corrected chi connectivity index (χ3v) is 5.41. The van der Waals surface area contributed by atoms with E-state index in [1.807, 2.05) is 62.4 Å². The number of rotatable bonds is 6. The number of anilines is 1. The van der Waals surface area contributed by atoms with Crippen molar-refractivity contribution in [3.8, 4) is 0 Å². The van der Waals surface area contributed by atoms with Crippen LogP contribution >= 0.6 is 24.0 Å². The van der Waals surface area contributed by atoms with E-state index < -0.39 is 11.9 Å². The highest BCUT2D eigenvalue weighted by Crippen LogP contribution is 2.24. The smallest absolute Gasteiger partial charge is 0.248 e. The van der Waals surface area contributed by atoms with Crippen molar-refractivity contribution in [3.05, 3.63) is 99.8 Å². The maximum absolute atomic E-state index is 13.8. The van der Waals surface area contributed by atoms with E-state index in [-0.39, 0.29) is 23.3 Å². The van der Waals surface area contributed by atoms with Crippen LogP contribution in [0.1, 0.15) is 28.3 Å². The lowest BCUT2D eigenvalue weighted by Gasteiger charge is -2.27. The van der Waals surface area contributed by atoms with Crippen LogP contribution in [0.5, 0.6) is 0 Å². The van der Waals surface area contributed by atoms with E-state index in [1.165, 1.54) is 12.1 Å². The molecule has 3 rings (SSSR count). The summed E-state index contributed by atoms with van der Waals surface area (Å²) in [5, 5.41) is 0.0851. The molecule has 3 aromatic carbocycles. The molecule has 2 N–H and O–H groups in total. The van der Waals surface area contributed by atoms with Crippen LogP contribution in [0.25, 0.3) is 0 Å². The van der Waals surface area contributed by atoms with Crippen molar-refractivity contribution < 1.29 is 9.18 Å². The fourth-order valence-electron chi connectivity index (χ4n) is 3.17. The Balaban J connectivity index is 0.00000320. The summed E-state index contributed by atoms with van der Waals surface area (Å²) < 4.78 is 13.8. The molecule has 1 atom stereocenters. The van der Waals surface area contributed by atoms with Crippen molar-refractivity contribution in [2.75, 3.05) is 11.4 Å². The standard InChI is InChI=1S/C24H24ClFN2O.ClH/c1-16-8-10-20(14-17(16)2)28(13-12-18-9-11-21(25)22(26)15-18)24(29)23(27)19-6-4-3-5-7-19;/h3-11,14-15,23H,12-13,27H2,1-2H3;1H. The molecule has 1 unspecified atom stereocenters. The zero-order valence-corrected chi connectivity index (χ0v) is 18.5. The molecule has 0 fully saturated rings. The minimum atomic E-state index is -0.778. The van der Waals surface area contributed by atoms with Crippen LogP contribution in [0.2, 0.25) is 5.02 Å². The van der Waals surface area contributed by atoms with Gasteiger partial charge in [-0.3, -0.25) is 4.79 Å². The zero-order valence-electron chi connectivity index (χ0n) is 16.9. The molecule has 158 valence electrons. The minimum absolute atomic E-state index is 0. The highest BCUT2D eigenvalue weighted by molar-refractivity contribution is 6.30. The second-order valence-corrected chi connectivity index (χ2v) is 7.55. The summed E-state index contributed by atoms with van der Waals surface area (Å²) in [5.41, 5.74) is 10.8. The second-order valence-electron chi connectivity index (χ2n) is 7.15. The van der Waals surface area contributed by atoms with E-state index in [0.717, 1.165) is 27.9 Å². The average Bonchev–Trinajstić information content (AvgIpc) is 2.73. The Morgan fingerprint density at radius 1 is 1.03 bits per heavy atom. The number of nitrogens with zero attached hydrogens (tertiary/aromatic N) is 1. The molecule has 0 saturated carbocycles. The minimum Gasteiger partial charge on any atom is -0.316 e. The van der Waals surface area contributed by atoms with Crippen molar-refractivity contribution in [3.63, 3.8) is 0 Å². The van der Waals surface area contributed by atoms with Gasteiger partial charge in [-0.25, -0.2) is 4.39 Å². The molecule has 0 radical (unpaired) electrons. The molecule has 0 aliphatic heterocycles. The van der Waals surface area contributed by atoms with E-state index in [9.17, 15) is 9.18 Å². The first-order chi connectivity index (χ1) is 13.9. The molecule has 30 heavy (non-hydrogen) atoms. The van der Waals surface area contributed by atoms with Gasteiger partial charge < -0.3 is 10.6 Å². The monoisotopic (exact) mass is 446 g/mol. The fraction of sp³-hybridized carbons (Fsp3) is 0.208. The number of carbonyl (C=O) groups is 1. The van der Waals surface area contributed by atoms with Gasteiger partial charge in [-0.05, 0) is 66.8 Å². The number of hydrogen-bond donors (Lipinski definition) is 1. The van der Waals surface area contributed by atoms with E-state index in [2.05, 4.69) is 0 Å². The zero-order chi connectivity index (χ0) is 21.0. The van der Waals surface area contributed by atoms with Crippen LogP contribution in [-0.4, -0.2) is 12.5 Å². The van der Waals surface area contributed by atoms with Gasteiger partial charge in [0.15, 0.2) is 0 Å². The Hall–Kier alpha value is -2.40. The molecule has 1 amide bonds. The molecule has 0 aromatic heterocycles. The van der Waals surface area contributed by atoms with Gasteiger partial charge in [0.25, 0.3) is 0 Å². The predicted octanol–water partition coefficient (Wildman–Crippen LogP) is 5.79. The van der Waals surface area contributed by atoms with Gasteiger partial charge in [0.1, 0.15) is 11.9 Å². The lowest BCUT2D eigenvalue weighted by molar-refractivity contribution is -0.120. The Bertz CT molecular complexity index is 1010. The topological polar surface area (TPSA) is 46.3 Å². The van der Waals surface area contributed by atoms with E-state index in [0.29, 0.717) is 13.0 Å². The molecule has 6 heteroatoms. The summed E-state index contributed by atoms with van der Waals surface area (Å²) >= 11 is 5.78. The van der Waals surface area contributed by atoms with Crippen LogP contribution < -0.4 is 10.6 Å². The molecule has 0 bridgehead atoms. The molecule has 0 spiro atoms. The second kappa shape index (κ2) is 10.6. The van der Waals surface area contributed by atoms with Gasteiger partial charge in [-0.2, -0.15) is 0 Å². The number of carbonyl (C=O) groups excluding carboxylic acids is 1. The Morgan fingerprint density at radius 2 is 1.73 bits per heavy atom. The van der Waals surface area contributed by atoms with Gasteiger partial charge in [-0.15, -0.1) is 12.4 Å². The highest BCUT2D eigenvalue weighted by Gasteiger charge is 2.24. The number of amides is 1. The lowest BCUT2D eigenvalue weighted by Crippen LogP contribution is -2.40. The van der Waals surface area contributed by atoms with Crippen molar-refractivity contribution in [2.24, 2.45) is 5.73 Å². The SMILES string of the molecule is Cc1ccc(N(CCc2ccc(Cl)c(F)c2)C(=O)C(N)c2ccccc2)cc1C.Cl. The summed E-state index contributed by atoms with van der Waals surface area (Å²) in [5.74, 6) is -0.664. The Morgan fingerprint density at radius 3 is 2.37 bits per heavy atom. The maximum atomic E-state index is 13.8. The largest absolute Gasteiger partial charge is 0.316 e. The van der Waals surface area contributed by atoms with Crippen LogP contribution in [0.15, 0.2) is 66.7 Å². The van der Waals surface area contributed by atoms with E-state index in [1.54, 1.807) is 11.0 Å². The molecule has 0 saturated heterocycles. The molecular formula is C24H25Cl2FN2O. The van der Waals surface area contributed by atoms with Crippen molar-refractivity contribution in [1.29, 1.82) is 0 Å². The summed E-state index contributed by atoms with van der Waals surface area (Å²) in [6.07, 6.45) is 0.480. The molecule has 3 nitrogen and oxygen atoms in total. The molecule has 0 heterocycles. The maximum Gasteiger partial charge on any atom is 0.248 e. The molecule has 3 aromatic rings. The van der Waals surface area contributed by atoms with Crippen molar-refractivity contribution in [1.82, 2.24) is 0 Å². The highest BCUT2D eigenvalue weighted by atomic mass is 35.5. The first-order valence-corrected chi connectivity index (χ1v) is 9.87. The number of nitrogens with two attached hydrogens (primary N) is 1. The summed E-state index contributed by atoms with van der Waals surface area (Å²) in [7, 11) is 0.